The Balaban J connectivity index is 2.16. The average molecular weight is 293 g/mol. The van der Waals surface area contributed by atoms with Gasteiger partial charge in [0.25, 0.3) is 5.91 Å². The van der Waals surface area contributed by atoms with Crippen LogP contribution in [0.4, 0.5) is 10.5 Å². The normalized spacial score (nSPS) is 20.8. The van der Waals surface area contributed by atoms with Gasteiger partial charge >= 0.3 is 12.0 Å². The summed E-state index contributed by atoms with van der Waals surface area (Å²) in [6.45, 7) is 0.198. The molecular weight excluding hydrogens is 278 g/mol. The van der Waals surface area contributed by atoms with Crippen LogP contribution in [0.2, 0.25) is 0 Å². The van der Waals surface area contributed by atoms with Gasteiger partial charge in [-0.25, -0.2) is 9.59 Å². The van der Waals surface area contributed by atoms with E-state index in [2.05, 4.69) is 10.6 Å². The molecule has 8 nitrogen and oxygen atoms in total. The molecule has 1 unspecified atom stereocenters. The molecule has 1 heterocycles. The number of carboxylic acids is 1. The van der Waals surface area contributed by atoms with Crippen LogP contribution in [0.1, 0.15) is 16.8 Å². The summed E-state index contributed by atoms with van der Waals surface area (Å²) < 4.78 is 5.07. The van der Waals surface area contributed by atoms with Crippen LogP contribution in [0.15, 0.2) is 24.3 Å². The zero-order valence-corrected chi connectivity index (χ0v) is 11.1. The topological polar surface area (TPSA) is 131 Å². The third-order valence-corrected chi connectivity index (χ3v) is 3.18. The number of ether oxygens (including phenoxy) is 1. The van der Waals surface area contributed by atoms with Gasteiger partial charge in [-0.05, 0) is 18.2 Å². The molecule has 3 amide bonds. The van der Waals surface area contributed by atoms with Crippen molar-refractivity contribution in [3.05, 3.63) is 29.8 Å². The van der Waals surface area contributed by atoms with E-state index in [1.54, 1.807) is 12.1 Å². The summed E-state index contributed by atoms with van der Waals surface area (Å²) in [6.07, 6.45) is 0.202. The molecule has 112 valence electrons. The highest BCUT2D eigenvalue weighted by atomic mass is 16.5. The SMILES string of the molecule is NC(=O)Nc1cccc(C(=O)NC2(C(=O)O)CCOC2)c1. The second kappa shape index (κ2) is 5.80. The Hall–Kier alpha value is -2.61. The van der Waals surface area contributed by atoms with Crippen LogP contribution >= 0.6 is 0 Å². The lowest BCUT2D eigenvalue weighted by atomic mass is 9.98. The van der Waals surface area contributed by atoms with Crippen molar-refractivity contribution in [2.24, 2.45) is 5.73 Å². The summed E-state index contributed by atoms with van der Waals surface area (Å²) in [5.41, 5.74) is 4.15. The maximum atomic E-state index is 12.2. The molecule has 0 aliphatic carbocycles. The number of nitrogens with two attached hydrogens (primary N) is 1. The first-order chi connectivity index (χ1) is 9.93. The molecule has 0 bridgehead atoms. The molecule has 1 aromatic carbocycles. The van der Waals surface area contributed by atoms with Gasteiger partial charge in [0.2, 0.25) is 0 Å². The summed E-state index contributed by atoms with van der Waals surface area (Å²) in [5, 5.41) is 14.1. The quantitative estimate of drug-likeness (QED) is 0.627. The lowest BCUT2D eigenvalue weighted by Crippen LogP contribution is -2.55. The van der Waals surface area contributed by atoms with E-state index in [4.69, 9.17) is 10.5 Å². The number of anilines is 1. The number of carbonyl (C=O) groups is 3. The largest absolute Gasteiger partial charge is 0.479 e. The smallest absolute Gasteiger partial charge is 0.331 e. The fourth-order valence-electron chi connectivity index (χ4n) is 2.06. The summed E-state index contributed by atoms with van der Waals surface area (Å²) in [7, 11) is 0. The summed E-state index contributed by atoms with van der Waals surface area (Å²) in [4.78, 5) is 34.3. The first-order valence-electron chi connectivity index (χ1n) is 6.23. The standard InChI is InChI=1S/C13H15N3O5/c14-12(20)15-9-3-1-2-8(6-9)10(17)16-13(11(18)19)4-5-21-7-13/h1-3,6H,4-5,7H2,(H,16,17)(H,18,19)(H3,14,15,20). The van der Waals surface area contributed by atoms with Crippen molar-refractivity contribution in [2.45, 2.75) is 12.0 Å². The van der Waals surface area contributed by atoms with E-state index < -0.39 is 23.4 Å². The number of primary amides is 1. The van der Waals surface area contributed by atoms with E-state index in [0.717, 1.165) is 0 Å². The Kier molecular flexibility index (Phi) is 4.08. The number of nitrogens with one attached hydrogen (secondary N) is 2. The molecule has 1 saturated heterocycles. The molecule has 1 aliphatic rings. The van der Waals surface area contributed by atoms with Crippen LogP contribution in [-0.2, 0) is 9.53 Å². The lowest BCUT2D eigenvalue weighted by Gasteiger charge is -2.23. The van der Waals surface area contributed by atoms with Crippen LogP contribution in [0.3, 0.4) is 0 Å². The fourth-order valence-corrected chi connectivity index (χ4v) is 2.06. The van der Waals surface area contributed by atoms with Gasteiger partial charge < -0.3 is 26.2 Å². The number of benzene rings is 1. The van der Waals surface area contributed by atoms with Crippen molar-refractivity contribution in [3.8, 4) is 0 Å². The molecule has 8 heteroatoms. The Bertz CT molecular complexity index is 581. The first kappa shape index (κ1) is 14.8. The number of aliphatic carboxylic acids is 1. The number of urea groups is 1. The van der Waals surface area contributed by atoms with Gasteiger partial charge in [-0.2, -0.15) is 0 Å². The van der Waals surface area contributed by atoms with Crippen LogP contribution in [0.25, 0.3) is 0 Å². The van der Waals surface area contributed by atoms with E-state index in [-0.39, 0.29) is 25.2 Å². The van der Waals surface area contributed by atoms with E-state index in [1.807, 2.05) is 0 Å². The Morgan fingerprint density at radius 1 is 1.33 bits per heavy atom. The highest BCUT2D eigenvalue weighted by Crippen LogP contribution is 2.20. The molecule has 0 spiro atoms. The van der Waals surface area contributed by atoms with Crippen molar-refractivity contribution in [2.75, 3.05) is 18.5 Å². The van der Waals surface area contributed by atoms with Crippen LogP contribution in [0.5, 0.6) is 0 Å². The van der Waals surface area contributed by atoms with Gasteiger partial charge in [-0.3, -0.25) is 4.79 Å². The highest BCUT2D eigenvalue weighted by Gasteiger charge is 2.44. The number of carbonyl (C=O) groups excluding carboxylic acids is 2. The van der Waals surface area contributed by atoms with Crippen molar-refractivity contribution >= 4 is 23.6 Å². The maximum absolute atomic E-state index is 12.2. The lowest BCUT2D eigenvalue weighted by molar-refractivity contribution is -0.144. The summed E-state index contributed by atoms with van der Waals surface area (Å²) in [5.74, 6) is -1.70. The third kappa shape index (κ3) is 3.29. The predicted octanol–water partition coefficient (Wildman–Crippen LogP) is 0.151. The van der Waals surface area contributed by atoms with Crippen LogP contribution < -0.4 is 16.4 Å². The molecule has 1 atom stereocenters. The molecule has 21 heavy (non-hydrogen) atoms. The molecule has 5 N–H and O–H groups in total. The molecule has 1 aromatic rings. The molecule has 0 saturated carbocycles. The van der Waals surface area contributed by atoms with Gasteiger partial charge in [-0.15, -0.1) is 0 Å². The van der Waals surface area contributed by atoms with Gasteiger partial charge in [0, 0.05) is 24.3 Å². The first-order valence-corrected chi connectivity index (χ1v) is 6.23. The minimum atomic E-state index is -1.41. The van der Waals surface area contributed by atoms with Gasteiger partial charge in [-0.1, -0.05) is 6.07 Å². The Morgan fingerprint density at radius 2 is 2.10 bits per heavy atom. The van der Waals surface area contributed by atoms with E-state index in [9.17, 15) is 19.5 Å². The minimum absolute atomic E-state index is 0.0761. The average Bonchev–Trinajstić information content (AvgIpc) is 2.88. The van der Waals surface area contributed by atoms with E-state index in [0.29, 0.717) is 5.69 Å². The van der Waals surface area contributed by atoms with Gasteiger partial charge in [0.05, 0.1) is 6.61 Å². The highest BCUT2D eigenvalue weighted by molar-refractivity contribution is 5.99. The number of rotatable bonds is 4. The Morgan fingerprint density at radius 3 is 2.67 bits per heavy atom. The Labute approximate surface area is 120 Å². The van der Waals surface area contributed by atoms with Gasteiger partial charge in [0.1, 0.15) is 0 Å². The number of hydrogen-bond donors (Lipinski definition) is 4. The molecule has 0 radical (unpaired) electrons. The number of amides is 3. The van der Waals surface area contributed by atoms with Crippen molar-refractivity contribution < 1.29 is 24.2 Å². The zero-order valence-electron chi connectivity index (χ0n) is 11.1. The second-order valence-corrected chi connectivity index (χ2v) is 4.71. The minimum Gasteiger partial charge on any atom is -0.479 e. The van der Waals surface area contributed by atoms with Crippen molar-refractivity contribution in [1.82, 2.24) is 5.32 Å². The van der Waals surface area contributed by atoms with Crippen molar-refractivity contribution in [1.29, 1.82) is 0 Å². The molecule has 1 fully saturated rings. The van der Waals surface area contributed by atoms with Gasteiger partial charge in [0.15, 0.2) is 5.54 Å². The van der Waals surface area contributed by atoms with Crippen molar-refractivity contribution in [3.63, 3.8) is 0 Å². The molecular formula is C13H15N3O5. The third-order valence-electron chi connectivity index (χ3n) is 3.18. The second-order valence-electron chi connectivity index (χ2n) is 4.71. The van der Waals surface area contributed by atoms with E-state index >= 15 is 0 Å². The van der Waals surface area contributed by atoms with Crippen LogP contribution in [0, 0.1) is 0 Å². The predicted molar refractivity (Wildman–Crippen MR) is 72.9 cm³/mol. The zero-order chi connectivity index (χ0) is 15.5. The molecule has 0 aromatic heterocycles. The van der Waals surface area contributed by atoms with E-state index in [1.165, 1.54) is 12.1 Å². The number of carboxylic acid groups (broad SMARTS) is 1. The fraction of sp³-hybridized carbons (Fsp3) is 0.308. The monoisotopic (exact) mass is 293 g/mol. The van der Waals surface area contributed by atoms with Crippen LogP contribution in [-0.4, -0.2) is 41.8 Å². The molecule has 1 aliphatic heterocycles. The maximum Gasteiger partial charge on any atom is 0.331 e. The summed E-state index contributed by atoms with van der Waals surface area (Å²) in [6, 6.07) is 5.28. The summed E-state index contributed by atoms with van der Waals surface area (Å²) >= 11 is 0. The number of hydrogen-bond acceptors (Lipinski definition) is 4. The molecule has 2 rings (SSSR count).